The van der Waals surface area contributed by atoms with Gasteiger partial charge in [-0.05, 0) is 38.5 Å². The molecule has 2 nitrogen and oxygen atoms in total. The Balaban J connectivity index is 1.99. The van der Waals surface area contributed by atoms with E-state index in [0.29, 0.717) is 12.0 Å². The third-order valence-corrected chi connectivity index (χ3v) is 3.03. The van der Waals surface area contributed by atoms with Crippen molar-refractivity contribution < 1.29 is 9.84 Å². The SMILES string of the molecule is CC(O)C(C)CCCC1CCCO1. The monoisotopic (exact) mass is 186 g/mol. The Bertz CT molecular complexity index is 126. The molecule has 0 spiro atoms. The van der Waals surface area contributed by atoms with Crippen LogP contribution >= 0.6 is 0 Å². The third kappa shape index (κ3) is 4.10. The van der Waals surface area contributed by atoms with Crippen LogP contribution in [0.2, 0.25) is 0 Å². The van der Waals surface area contributed by atoms with E-state index < -0.39 is 0 Å². The van der Waals surface area contributed by atoms with E-state index >= 15 is 0 Å². The second-order valence-corrected chi connectivity index (χ2v) is 4.28. The van der Waals surface area contributed by atoms with E-state index in [1.165, 1.54) is 25.7 Å². The summed E-state index contributed by atoms with van der Waals surface area (Å²) >= 11 is 0. The Labute approximate surface area is 81.3 Å². The van der Waals surface area contributed by atoms with E-state index in [2.05, 4.69) is 6.92 Å². The van der Waals surface area contributed by atoms with Crippen molar-refractivity contribution in [3.63, 3.8) is 0 Å². The van der Waals surface area contributed by atoms with Gasteiger partial charge in [0.25, 0.3) is 0 Å². The van der Waals surface area contributed by atoms with Crippen LogP contribution in [0.3, 0.4) is 0 Å². The normalized spacial score (nSPS) is 27.5. The van der Waals surface area contributed by atoms with E-state index in [1.807, 2.05) is 6.92 Å². The van der Waals surface area contributed by atoms with Gasteiger partial charge in [-0.15, -0.1) is 0 Å². The van der Waals surface area contributed by atoms with Crippen LogP contribution in [0.15, 0.2) is 0 Å². The largest absolute Gasteiger partial charge is 0.393 e. The Hall–Kier alpha value is -0.0800. The molecule has 0 aliphatic carbocycles. The van der Waals surface area contributed by atoms with Crippen molar-refractivity contribution in [3.05, 3.63) is 0 Å². The standard InChI is InChI=1S/C11H22O2/c1-9(10(2)12)5-3-6-11-7-4-8-13-11/h9-12H,3-8H2,1-2H3. The van der Waals surface area contributed by atoms with Crippen molar-refractivity contribution >= 4 is 0 Å². The first-order chi connectivity index (χ1) is 6.20. The van der Waals surface area contributed by atoms with E-state index in [0.717, 1.165) is 13.0 Å². The first-order valence-corrected chi connectivity index (χ1v) is 5.50. The molecule has 1 rings (SSSR count). The minimum Gasteiger partial charge on any atom is -0.393 e. The lowest BCUT2D eigenvalue weighted by atomic mass is 9.97. The van der Waals surface area contributed by atoms with Crippen LogP contribution < -0.4 is 0 Å². The molecule has 1 fully saturated rings. The molecule has 3 atom stereocenters. The second kappa shape index (κ2) is 5.61. The van der Waals surface area contributed by atoms with Crippen molar-refractivity contribution in [1.82, 2.24) is 0 Å². The number of hydrogen-bond acceptors (Lipinski definition) is 2. The minimum absolute atomic E-state index is 0.163. The van der Waals surface area contributed by atoms with E-state index in [-0.39, 0.29) is 6.10 Å². The van der Waals surface area contributed by atoms with Crippen LogP contribution in [0.5, 0.6) is 0 Å². The van der Waals surface area contributed by atoms with Crippen LogP contribution in [-0.4, -0.2) is 23.9 Å². The van der Waals surface area contributed by atoms with Crippen LogP contribution in [0.1, 0.15) is 46.0 Å². The molecule has 1 aliphatic rings. The Kier molecular flexibility index (Phi) is 4.74. The maximum atomic E-state index is 9.28. The maximum Gasteiger partial charge on any atom is 0.0576 e. The predicted octanol–water partition coefficient (Wildman–Crippen LogP) is 2.35. The summed E-state index contributed by atoms with van der Waals surface area (Å²) in [6.07, 6.45) is 6.32. The molecule has 0 amide bonds. The van der Waals surface area contributed by atoms with E-state index in [1.54, 1.807) is 0 Å². The van der Waals surface area contributed by atoms with Gasteiger partial charge in [-0.3, -0.25) is 0 Å². The molecule has 0 aromatic heterocycles. The topological polar surface area (TPSA) is 29.5 Å². The van der Waals surface area contributed by atoms with Gasteiger partial charge in [0.05, 0.1) is 12.2 Å². The Morgan fingerprint density at radius 3 is 2.77 bits per heavy atom. The van der Waals surface area contributed by atoms with Gasteiger partial charge in [0.2, 0.25) is 0 Å². The molecule has 1 saturated heterocycles. The van der Waals surface area contributed by atoms with Gasteiger partial charge in [-0.25, -0.2) is 0 Å². The molecule has 0 aromatic carbocycles. The fraction of sp³-hybridized carbons (Fsp3) is 1.00. The highest BCUT2D eigenvalue weighted by atomic mass is 16.5. The minimum atomic E-state index is -0.163. The molecule has 0 radical (unpaired) electrons. The first-order valence-electron chi connectivity index (χ1n) is 5.50. The summed E-state index contributed by atoms with van der Waals surface area (Å²) in [6, 6.07) is 0. The van der Waals surface area contributed by atoms with Crippen LogP contribution in [0, 0.1) is 5.92 Å². The molecule has 78 valence electrons. The molecule has 1 heterocycles. The molecule has 2 heteroatoms. The number of rotatable bonds is 5. The quantitative estimate of drug-likeness (QED) is 0.714. The van der Waals surface area contributed by atoms with Gasteiger partial charge in [0.1, 0.15) is 0 Å². The summed E-state index contributed by atoms with van der Waals surface area (Å²) in [5.74, 6) is 0.432. The average molecular weight is 186 g/mol. The van der Waals surface area contributed by atoms with Gasteiger partial charge in [-0.2, -0.15) is 0 Å². The van der Waals surface area contributed by atoms with Gasteiger partial charge in [-0.1, -0.05) is 13.3 Å². The van der Waals surface area contributed by atoms with Crippen molar-refractivity contribution in [2.24, 2.45) is 5.92 Å². The van der Waals surface area contributed by atoms with E-state index in [9.17, 15) is 5.11 Å². The lowest BCUT2D eigenvalue weighted by molar-refractivity contribution is 0.0932. The van der Waals surface area contributed by atoms with E-state index in [4.69, 9.17) is 4.74 Å². The summed E-state index contributed by atoms with van der Waals surface area (Å²) in [5.41, 5.74) is 0. The molecule has 0 bridgehead atoms. The zero-order valence-electron chi connectivity index (χ0n) is 8.83. The smallest absolute Gasteiger partial charge is 0.0576 e. The van der Waals surface area contributed by atoms with Crippen molar-refractivity contribution in [2.75, 3.05) is 6.61 Å². The van der Waals surface area contributed by atoms with Gasteiger partial charge < -0.3 is 9.84 Å². The van der Waals surface area contributed by atoms with Crippen molar-refractivity contribution in [3.8, 4) is 0 Å². The zero-order chi connectivity index (χ0) is 9.68. The first kappa shape index (κ1) is 11.0. The Morgan fingerprint density at radius 1 is 1.46 bits per heavy atom. The summed E-state index contributed by atoms with van der Waals surface area (Å²) in [7, 11) is 0. The number of hydrogen-bond donors (Lipinski definition) is 1. The lowest BCUT2D eigenvalue weighted by Gasteiger charge is -2.15. The van der Waals surface area contributed by atoms with Crippen molar-refractivity contribution in [2.45, 2.75) is 58.2 Å². The van der Waals surface area contributed by atoms with Gasteiger partial charge in [0.15, 0.2) is 0 Å². The number of aliphatic hydroxyl groups excluding tert-OH is 1. The molecule has 1 N–H and O–H groups in total. The van der Waals surface area contributed by atoms with Crippen LogP contribution in [-0.2, 0) is 4.74 Å². The summed E-state index contributed by atoms with van der Waals surface area (Å²) < 4.78 is 5.53. The van der Waals surface area contributed by atoms with Gasteiger partial charge >= 0.3 is 0 Å². The number of aliphatic hydroxyl groups is 1. The molecular formula is C11H22O2. The second-order valence-electron chi connectivity index (χ2n) is 4.28. The van der Waals surface area contributed by atoms with Crippen LogP contribution in [0.25, 0.3) is 0 Å². The fourth-order valence-corrected chi connectivity index (χ4v) is 1.78. The highest BCUT2D eigenvalue weighted by Gasteiger charge is 2.16. The average Bonchev–Trinajstić information content (AvgIpc) is 2.56. The predicted molar refractivity (Wildman–Crippen MR) is 53.7 cm³/mol. The molecule has 13 heavy (non-hydrogen) atoms. The maximum absolute atomic E-state index is 9.28. The molecular weight excluding hydrogens is 164 g/mol. The zero-order valence-corrected chi connectivity index (χ0v) is 8.83. The van der Waals surface area contributed by atoms with Gasteiger partial charge in [0, 0.05) is 6.61 Å². The Morgan fingerprint density at radius 2 is 2.23 bits per heavy atom. The lowest BCUT2D eigenvalue weighted by Crippen LogP contribution is -2.14. The highest BCUT2D eigenvalue weighted by Crippen LogP contribution is 2.20. The van der Waals surface area contributed by atoms with Crippen molar-refractivity contribution in [1.29, 1.82) is 0 Å². The highest BCUT2D eigenvalue weighted by molar-refractivity contribution is 4.66. The summed E-state index contributed by atoms with van der Waals surface area (Å²) in [6.45, 7) is 4.94. The number of ether oxygens (including phenoxy) is 1. The molecule has 3 unspecified atom stereocenters. The fourth-order valence-electron chi connectivity index (χ4n) is 1.78. The molecule has 0 saturated carbocycles. The van der Waals surface area contributed by atoms with Crippen LogP contribution in [0.4, 0.5) is 0 Å². The summed E-state index contributed by atoms with van der Waals surface area (Å²) in [5, 5.41) is 9.28. The molecule has 0 aromatic rings. The third-order valence-electron chi connectivity index (χ3n) is 3.03. The molecule has 1 aliphatic heterocycles. The summed E-state index contributed by atoms with van der Waals surface area (Å²) in [4.78, 5) is 0.